The average Bonchev–Trinajstić information content (AvgIpc) is 2.77. The van der Waals surface area contributed by atoms with Gasteiger partial charge in [-0.3, -0.25) is 4.79 Å². The second-order valence-electron chi connectivity index (χ2n) is 6.31. The number of methoxy groups -OCH3 is 2. The molecule has 154 valence electrons. The molecule has 0 bridgehead atoms. The number of thioether (sulfide) groups is 1. The molecule has 0 aliphatic heterocycles. The van der Waals surface area contributed by atoms with Gasteiger partial charge in [-0.15, -0.1) is 0 Å². The highest BCUT2D eigenvalue weighted by atomic mass is 32.2. The number of esters is 1. The Labute approximate surface area is 178 Å². The molecule has 0 fully saturated rings. The highest BCUT2D eigenvalue weighted by Crippen LogP contribution is 2.24. The van der Waals surface area contributed by atoms with Crippen molar-refractivity contribution in [2.24, 2.45) is 0 Å². The minimum absolute atomic E-state index is 0.133. The number of aromatic nitrogens is 2. The van der Waals surface area contributed by atoms with E-state index in [4.69, 9.17) is 9.47 Å². The summed E-state index contributed by atoms with van der Waals surface area (Å²) >= 11 is 1.24. The van der Waals surface area contributed by atoms with Crippen molar-refractivity contribution in [1.82, 2.24) is 9.97 Å². The molecular formula is C22H21N3O4S. The highest BCUT2D eigenvalue weighted by molar-refractivity contribution is 7.99. The molecule has 3 aromatic rings. The van der Waals surface area contributed by atoms with Crippen LogP contribution in [0.15, 0.2) is 59.8 Å². The smallest absolute Gasteiger partial charge is 0.337 e. The zero-order valence-corrected chi connectivity index (χ0v) is 17.7. The predicted molar refractivity (Wildman–Crippen MR) is 116 cm³/mol. The van der Waals surface area contributed by atoms with Crippen molar-refractivity contribution >= 4 is 29.3 Å². The first-order valence-corrected chi connectivity index (χ1v) is 10.1. The van der Waals surface area contributed by atoms with Crippen molar-refractivity contribution in [3.63, 3.8) is 0 Å². The maximum atomic E-state index is 12.3. The Hall–Kier alpha value is -3.39. The van der Waals surface area contributed by atoms with E-state index >= 15 is 0 Å². The molecule has 1 aromatic heterocycles. The van der Waals surface area contributed by atoms with Gasteiger partial charge in [0.1, 0.15) is 5.75 Å². The number of carbonyl (C=O) groups is 2. The van der Waals surface area contributed by atoms with Gasteiger partial charge in [-0.05, 0) is 55.5 Å². The van der Waals surface area contributed by atoms with Crippen LogP contribution in [-0.4, -0.2) is 41.8 Å². The fraction of sp³-hybridized carbons (Fsp3) is 0.182. The summed E-state index contributed by atoms with van der Waals surface area (Å²) in [5, 5.41) is 3.28. The molecule has 0 unspecified atom stereocenters. The first-order chi connectivity index (χ1) is 14.5. The molecule has 0 radical (unpaired) electrons. The molecule has 0 atom stereocenters. The SMILES string of the molecule is COC(=O)c1cccc(NC(=O)CSc2nc(C)cc(-c3ccc(OC)cc3)n2)c1. The third kappa shape index (κ3) is 5.57. The van der Waals surface area contributed by atoms with E-state index in [2.05, 4.69) is 15.3 Å². The first-order valence-electron chi connectivity index (χ1n) is 9.09. The molecule has 0 aliphatic carbocycles. The van der Waals surface area contributed by atoms with Crippen molar-refractivity contribution in [3.05, 3.63) is 65.9 Å². The van der Waals surface area contributed by atoms with E-state index in [1.807, 2.05) is 37.3 Å². The summed E-state index contributed by atoms with van der Waals surface area (Å²) < 4.78 is 9.88. The van der Waals surface area contributed by atoms with Gasteiger partial charge in [0, 0.05) is 16.9 Å². The van der Waals surface area contributed by atoms with Gasteiger partial charge in [-0.1, -0.05) is 17.8 Å². The van der Waals surface area contributed by atoms with Crippen LogP contribution in [0.3, 0.4) is 0 Å². The number of hydrogen-bond donors (Lipinski definition) is 1. The number of hydrogen-bond acceptors (Lipinski definition) is 7. The van der Waals surface area contributed by atoms with Gasteiger partial charge in [-0.25, -0.2) is 14.8 Å². The molecule has 7 nitrogen and oxygen atoms in total. The van der Waals surface area contributed by atoms with Crippen molar-refractivity contribution in [1.29, 1.82) is 0 Å². The maximum absolute atomic E-state index is 12.3. The third-order valence-electron chi connectivity index (χ3n) is 4.12. The first kappa shape index (κ1) is 21.3. The number of aryl methyl sites for hydroxylation is 1. The van der Waals surface area contributed by atoms with Crippen LogP contribution in [0.25, 0.3) is 11.3 Å². The second kappa shape index (κ2) is 9.89. The standard InChI is InChI=1S/C22H21N3O4S/c1-14-11-19(15-7-9-18(28-2)10-8-15)25-22(23-14)30-13-20(26)24-17-6-4-5-16(12-17)21(27)29-3/h4-12H,13H2,1-3H3,(H,24,26). The van der Waals surface area contributed by atoms with Crippen LogP contribution >= 0.6 is 11.8 Å². The molecule has 0 saturated carbocycles. The summed E-state index contributed by atoms with van der Waals surface area (Å²) in [4.78, 5) is 32.9. The van der Waals surface area contributed by atoms with Gasteiger partial charge < -0.3 is 14.8 Å². The van der Waals surface area contributed by atoms with Gasteiger partial charge in [-0.2, -0.15) is 0 Å². The number of anilines is 1. The molecule has 30 heavy (non-hydrogen) atoms. The minimum Gasteiger partial charge on any atom is -0.497 e. The predicted octanol–water partition coefficient (Wildman–Crippen LogP) is 3.98. The van der Waals surface area contributed by atoms with Crippen LogP contribution in [0.1, 0.15) is 16.1 Å². The number of nitrogens with one attached hydrogen (secondary N) is 1. The van der Waals surface area contributed by atoms with Gasteiger partial charge in [0.15, 0.2) is 5.16 Å². The Morgan fingerprint density at radius 3 is 2.50 bits per heavy atom. The number of benzene rings is 2. The number of rotatable bonds is 7. The summed E-state index contributed by atoms with van der Waals surface area (Å²) in [6.45, 7) is 1.89. The van der Waals surface area contributed by atoms with Crippen LogP contribution in [0, 0.1) is 6.92 Å². The zero-order chi connectivity index (χ0) is 21.5. The summed E-state index contributed by atoms with van der Waals surface area (Å²) in [6.07, 6.45) is 0. The Morgan fingerprint density at radius 2 is 1.80 bits per heavy atom. The fourth-order valence-corrected chi connectivity index (χ4v) is 3.39. The Morgan fingerprint density at radius 1 is 1.03 bits per heavy atom. The lowest BCUT2D eigenvalue weighted by molar-refractivity contribution is -0.113. The molecule has 1 heterocycles. The van der Waals surface area contributed by atoms with Gasteiger partial charge in [0.2, 0.25) is 5.91 Å². The van der Waals surface area contributed by atoms with E-state index in [1.165, 1.54) is 18.9 Å². The third-order valence-corrected chi connectivity index (χ3v) is 4.97. The van der Waals surface area contributed by atoms with Gasteiger partial charge >= 0.3 is 5.97 Å². The Bertz CT molecular complexity index is 1050. The van der Waals surface area contributed by atoms with E-state index in [1.54, 1.807) is 31.4 Å². The molecular weight excluding hydrogens is 402 g/mol. The van der Waals surface area contributed by atoms with E-state index < -0.39 is 5.97 Å². The van der Waals surface area contributed by atoms with Crippen LogP contribution in [-0.2, 0) is 9.53 Å². The van der Waals surface area contributed by atoms with Crippen LogP contribution < -0.4 is 10.1 Å². The molecule has 2 aromatic carbocycles. The largest absolute Gasteiger partial charge is 0.497 e. The van der Waals surface area contributed by atoms with Crippen molar-refractivity contribution in [3.8, 4) is 17.0 Å². The maximum Gasteiger partial charge on any atom is 0.337 e. The van der Waals surface area contributed by atoms with E-state index in [0.29, 0.717) is 16.4 Å². The molecule has 8 heteroatoms. The van der Waals surface area contributed by atoms with Crippen molar-refractivity contribution in [2.45, 2.75) is 12.1 Å². The van der Waals surface area contributed by atoms with Crippen LogP contribution in [0.5, 0.6) is 5.75 Å². The van der Waals surface area contributed by atoms with Crippen LogP contribution in [0.4, 0.5) is 5.69 Å². The molecule has 3 rings (SSSR count). The van der Waals surface area contributed by atoms with E-state index in [9.17, 15) is 9.59 Å². The van der Waals surface area contributed by atoms with Crippen LogP contribution in [0.2, 0.25) is 0 Å². The number of amides is 1. The highest BCUT2D eigenvalue weighted by Gasteiger charge is 2.11. The molecule has 1 N–H and O–H groups in total. The quantitative estimate of drug-likeness (QED) is 0.349. The van der Waals surface area contributed by atoms with Crippen molar-refractivity contribution < 1.29 is 19.1 Å². The molecule has 1 amide bonds. The van der Waals surface area contributed by atoms with E-state index in [-0.39, 0.29) is 11.7 Å². The summed E-state index contributed by atoms with van der Waals surface area (Å²) in [5.74, 6) is 0.221. The Kier molecular flexibility index (Phi) is 7.03. The molecule has 0 saturated heterocycles. The monoisotopic (exact) mass is 423 g/mol. The lowest BCUT2D eigenvalue weighted by Gasteiger charge is -2.08. The zero-order valence-electron chi connectivity index (χ0n) is 16.8. The lowest BCUT2D eigenvalue weighted by atomic mass is 10.1. The van der Waals surface area contributed by atoms with Crippen molar-refractivity contribution in [2.75, 3.05) is 25.3 Å². The Balaban J connectivity index is 1.66. The number of carbonyl (C=O) groups excluding carboxylic acids is 2. The summed E-state index contributed by atoms with van der Waals surface area (Å²) in [7, 11) is 2.93. The van der Waals surface area contributed by atoms with Gasteiger partial charge in [0.25, 0.3) is 0 Å². The minimum atomic E-state index is -0.459. The van der Waals surface area contributed by atoms with Gasteiger partial charge in [0.05, 0.1) is 31.2 Å². The second-order valence-corrected chi connectivity index (χ2v) is 7.26. The normalized spacial score (nSPS) is 10.4. The average molecular weight is 423 g/mol. The summed E-state index contributed by atoms with van der Waals surface area (Å²) in [5.41, 5.74) is 3.41. The molecule has 0 spiro atoms. The molecule has 0 aliphatic rings. The van der Waals surface area contributed by atoms with E-state index in [0.717, 1.165) is 22.7 Å². The lowest BCUT2D eigenvalue weighted by Crippen LogP contribution is -2.15. The summed E-state index contributed by atoms with van der Waals surface area (Å²) in [6, 6.07) is 16.1. The number of nitrogens with zero attached hydrogens (tertiary/aromatic N) is 2. The fourth-order valence-electron chi connectivity index (χ4n) is 2.68. The topological polar surface area (TPSA) is 90.4 Å². The number of ether oxygens (including phenoxy) is 2.